The number of carbonyl (C=O) groups is 2. The molecule has 0 saturated carbocycles. The summed E-state index contributed by atoms with van der Waals surface area (Å²) in [5.41, 5.74) is 9.49. The van der Waals surface area contributed by atoms with Gasteiger partial charge in [-0.05, 0) is 62.9 Å². The van der Waals surface area contributed by atoms with Crippen molar-refractivity contribution in [1.82, 2.24) is 24.7 Å². The molecule has 0 unspecified atom stereocenters. The Morgan fingerprint density at radius 1 is 1.06 bits per heavy atom. The van der Waals surface area contributed by atoms with Crippen molar-refractivity contribution in [2.24, 2.45) is 5.73 Å². The zero-order valence-electron chi connectivity index (χ0n) is 19.5. The van der Waals surface area contributed by atoms with Gasteiger partial charge in [-0.1, -0.05) is 18.2 Å². The lowest BCUT2D eigenvalue weighted by molar-refractivity contribution is -0.116. The van der Waals surface area contributed by atoms with E-state index in [1.807, 2.05) is 38.1 Å². The number of aryl methyl sites for hydroxylation is 3. The molecule has 10 heteroatoms. The molecule has 2 amide bonds. The van der Waals surface area contributed by atoms with Crippen molar-refractivity contribution in [3.05, 3.63) is 47.0 Å². The second-order valence-corrected chi connectivity index (χ2v) is 9.38. The summed E-state index contributed by atoms with van der Waals surface area (Å²) in [5, 5.41) is 12.2. The Hall–Kier alpha value is -3.27. The van der Waals surface area contributed by atoms with Gasteiger partial charge in [-0.25, -0.2) is 9.97 Å². The van der Waals surface area contributed by atoms with E-state index in [1.165, 1.54) is 18.2 Å². The molecule has 9 nitrogen and oxygen atoms in total. The number of nitrogens with two attached hydrogens (primary N) is 1. The number of nitrogens with zero attached hydrogens (tertiary/aromatic N) is 5. The summed E-state index contributed by atoms with van der Waals surface area (Å²) >= 11 is 1.21. The van der Waals surface area contributed by atoms with Crippen molar-refractivity contribution in [3.63, 3.8) is 0 Å². The van der Waals surface area contributed by atoms with Crippen LogP contribution in [0.3, 0.4) is 0 Å². The largest absolute Gasteiger partial charge is 0.369 e. The molecular weight excluding hydrogens is 450 g/mol. The van der Waals surface area contributed by atoms with Gasteiger partial charge in [0.05, 0.1) is 5.75 Å². The van der Waals surface area contributed by atoms with E-state index in [1.54, 1.807) is 0 Å². The minimum absolute atomic E-state index is 0.0740. The van der Waals surface area contributed by atoms with Gasteiger partial charge in [0.25, 0.3) is 0 Å². The van der Waals surface area contributed by atoms with Crippen molar-refractivity contribution < 1.29 is 9.59 Å². The number of amides is 2. The van der Waals surface area contributed by atoms with E-state index >= 15 is 0 Å². The van der Waals surface area contributed by atoms with Gasteiger partial charge >= 0.3 is 0 Å². The Morgan fingerprint density at radius 2 is 1.79 bits per heavy atom. The number of carbonyl (C=O) groups excluding carboxylic acids is 2. The molecule has 0 fully saturated rings. The predicted octanol–water partition coefficient (Wildman–Crippen LogP) is 3.23. The van der Waals surface area contributed by atoms with Crippen LogP contribution in [0.4, 0.5) is 5.69 Å². The lowest BCUT2D eigenvalue weighted by Gasteiger charge is -2.11. The maximum atomic E-state index is 12.6. The summed E-state index contributed by atoms with van der Waals surface area (Å²) in [6, 6.07) is 7.75. The molecule has 3 aromatic rings. The molecule has 0 atom stereocenters. The summed E-state index contributed by atoms with van der Waals surface area (Å²) < 4.78 is 2.21. The standard InChI is InChI=1S/C24H29N7O2S/c1-15-19(16(2)27-24(26-15)34-14-20(25)32)11-12-22(33)28-18-9-7-17(8-10-18)23-30-29-21-6-4-3-5-13-31(21)23/h7-10H,3-6,11-14H2,1-2H3,(H2,25,32)(H,28,33). The van der Waals surface area contributed by atoms with E-state index in [9.17, 15) is 9.59 Å². The monoisotopic (exact) mass is 479 g/mol. The quantitative estimate of drug-likeness (QED) is 0.375. The zero-order valence-corrected chi connectivity index (χ0v) is 20.3. The van der Waals surface area contributed by atoms with Crippen LogP contribution in [0.1, 0.15) is 48.5 Å². The van der Waals surface area contributed by atoms with Gasteiger partial charge in [0.15, 0.2) is 11.0 Å². The third-order valence-electron chi connectivity index (χ3n) is 5.88. The first-order valence-electron chi connectivity index (χ1n) is 11.5. The number of aromatic nitrogens is 5. The molecule has 1 aliphatic heterocycles. The Kier molecular flexibility index (Phi) is 7.56. The fourth-order valence-corrected chi connectivity index (χ4v) is 4.81. The van der Waals surface area contributed by atoms with Gasteiger partial charge in [-0.15, -0.1) is 10.2 Å². The number of thioether (sulfide) groups is 1. The van der Waals surface area contributed by atoms with Crippen molar-refractivity contribution in [2.75, 3.05) is 11.1 Å². The molecule has 0 spiro atoms. The fourth-order valence-electron chi connectivity index (χ4n) is 4.13. The third kappa shape index (κ3) is 5.80. The van der Waals surface area contributed by atoms with E-state index in [4.69, 9.17) is 5.73 Å². The Morgan fingerprint density at radius 3 is 2.50 bits per heavy atom. The van der Waals surface area contributed by atoms with E-state index in [0.29, 0.717) is 18.0 Å². The normalized spacial score (nSPS) is 13.2. The zero-order chi connectivity index (χ0) is 24.1. The molecule has 1 aromatic carbocycles. The van der Waals surface area contributed by atoms with Crippen LogP contribution in [0.5, 0.6) is 0 Å². The first-order valence-corrected chi connectivity index (χ1v) is 12.5. The second-order valence-electron chi connectivity index (χ2n) is 8.44. The molecule has 2 aromatic heterocycles. The molecule has 3 heterocycles. The molecule has 4 rings (SSSR count). The first-order chi connectivity index (χ1) is 16.4. The molecule has 0 aliphatic carbocycles. The summed E-state index contributed by atoms with van der Waals surface area (Å²) in [6.45, 7) is 4.73. The highest BCUT2D eigenvalue weighted by molar-refractivity contribution is 7.99. The van der Waals surface area contributed by atoms with E-state index in [2.05, 4.69) is 30.0 Å². The minimum Gasteiger partial charge on any atom is -0.369 e. The number of hydrogen-bond acceptors (Lipinski definition) is 7. The van der Waals surface area contributed by atoms with Crippen LogP contribution in [-0.4, -0.2) is 42.3 Å². The maximum absolute atomic E-state index is 12.6. The van der Waals surface area contributed by atoms with E-state index in [0.717, 1.165) is 65.7 Å². The maximum Gasteiger partial charge on any atom is 0.227 e. The van der Waals surface area contributed by atoms with Gasteiger partial charge in [0.2, 0.25) is 11.8 Å². The highest BCUT2D eigenvalue weighted by atomic mass is 32.2. The molecule has 0 radical (unpaired) electrons. The van der Waals surface area contributed by atoms with Crippen molar-refractivity contribution in [2.45, 2.75) is 64.1 Å². The van der Waals surface area contributed by atoms with Crippen LogP contribution in [0, 0.1) is 13.8 Å². The van der Waals surface area contributed by atoms with Gasteiger partial charge in [0.1, 0.15) is 5.82 Å². The minimum atomic E-state index is -0.408. The average Bonchev–Trinajstić information content (AvgIpc) is 3.05. The van der Waals surface area contributed by atoms with Crippen LogP contribution < -0.4 is 11.1 Å². The number of benzene rings is 1. The Bertz CT molecular complexity index is 1170. The van der Waals surface area contributed by atoms with Crippen LogP contribution in [-0.2, 0) is 29.0 Å². The molecule has 178 valence electrons. The Balaban J connectivity index is 1.35. The van der Waals surface area contributed by atoms with Gasteiger partial charge in [-0.2, -0.15) is 0 Å². The van der Waals surface area contributed by atoms with Crippen molar-refractivity contribution in [1.29, 1.82) is 0 Å². The fraction of sp³-hybridized carbons (Fsp3) is 0.417. The van der Waals surface area contributed by atoms with Gasteiger partial charge in [-0.3, -0.25) is 9.59 Å². The smallest absolute Gasteiger partial charge is 0.227 e. The first kappa shape index (κ1) is 23.9. The van der Waals surface area contributed by atoms with Gasteiger partial charge in [0, 0.05) is 42.0 Å². The summed E-state index contributed by atoms with van der Waals surface area (Å²) in [4.78, 5) is 32.4. The number of hydrogen-bond donors (Lipinski definition) is 2. The number of nitrogens with one attached hydrogen (secondary N) is 1. The van der Waals surface area contributed by atoms with E-state index < -0.39 is 5.91 Å². The van der Waals surface area contributed by atoms with Crippen LogP contribution in [0.15, 0.2) is 29.4 Å². The number of rotatable bonds is 8. The number of anilines is 1. The molecule has 34 heavy (non-hydrogen) atoms. The van der Waals surface area contributed by atoms with E-state index in [-0.39, 0.29) is 11.7 Å². The van der Waals surface area contributed by atoms with Crippen molar-refractivity contribution in [3.8, 4) is 11.4 Å². The number of primary amides is 1. The predicted molar refractivity (Wildman–Crippen MR) is 131 cm³/mol. The SMILES string of the molecule is Cc1nc(SCC(N)=O)nc(C)c1CCC(=O)Nc1ccc(-c2nnc3n2CCCCC3)cc1. The van der Waals surface area contributed by atoms with Crippen LogP contribution >= 0.6 is 11.8 Å². The molecule has 1 aliphatic rings. The molecule has 0 saturated heterocycles. The lowest BCUT2D eigenvalue weighted by atomic mass is 10.1. The lowest BCUT2D eigenvalue weighted by Crippen LogP contribution is -2.15. The van der Waals surface area contributed by atoms with Gasteiger partial charge < -0.3 is 15.6 Å². The molecular formula is C24H29N7O2S. The van der Waals surface area contributed by atoms with Crippen LogP contribution in [0.25, 0.3) is 11.4 Å². The summed E-state index contributed by atoms with van der Waals surface area (Å²) in [6.07, 6.45) is 5.35. The topological polar surface area (TPSA) is 129 Å². The summed E-state index contributed by atoms with van der Waals surface area (Å²) in [5.74, 6) is 1.60. The van der Waals surface area contributed by atoms with Crippen LogP contribution in [0.2, 0.25) is 0 Å². The molecule has 3 N–H and O–H groups in total. The highest BCUT2D eigenvalue weighted by Crippen LogP contribution is 2.24. The third-order valence-corrected chi connectivity index (χ3v) is 6.75. The second kappa shape index (κ2) is 10.8. The van der Waals surface area contributed by atoms with Crippen molar-refractivity contribution >= 4 is 29.3 Å². The average molecular weight is 480 g/mol. The number of fused-ring (bicyclic) bond motifs is 1. The summed E-state index contributed by atoms with van der Waals surface area (Å²) in [7, 11) is 0. The molecule has 0 bridgehead atoms. The highest BCUT2D eigenvalue weighted by Gasteiger charge is 2.16. The Labute approximate surface area is 203 Å².